The van der Waals surface area contributed by atoms with Crippen LogP contribution >= 0.6 is 0 Å². The monoisotopic (exact) mass is 416 g/mol. The van der Waals surface area contributed by atoms with E-state index in [-0.39, 0.29) is 31.6 Å². The number of carboxylic acid groups (broad SMARTS) is 1. The van der Waals surface area contributed by atoms with Crippen molar-refractivity contribution in [3.63, 3.8) is 0 Å². The van der Waals surface area contributed by atoms with E-state index in [9.17, 15) is 19.2 Å². The number of carbonyl (C=O) groups excluding carboxylic acids is 3. The highest BCUT2D eigenvalue weighted by Crippen LogP contribution is 2.10. The molecule has 0 bridgehead atoms. The Kier molecular flexibility index (Phi) is 11.7. The zero-order valence-electron chi connectivity index (χ0n) is 17.4. The number of rotatable bonds is 13. The van der Waals surface area contributed by atoms with Crippen molar-refractivity contribution in [3.8, 4) is 6.07 Å². The average Bonchev–Trinajstić information content (AvgIpc) is 2.71. The van der Waals surface area contributed by atoms with Crippen molar-refractivity contribution in [1.29, 1.82) is 0 Å². The lowest BCUT2D eigenvalue weighted by molar-refractivity contribution is -0.137. The van der Waals surface area contributed by atoms with Gasteiger partial charge in [-0.05, 0) is 31.7 Å². The molecular formula is C22H30N3O5+. The number of hydrogen-bond acceptors (Lipinski definition) is 5. The lowest BCUT2D eigenvalue weighted by Gasteiger charge is -2.18. The van der Waals surface area contributed by atoms with E-state index in [1.807, 2.05) is 30.3 Å². The smallest absolute Gasteiger partial charge is 0.481 e. The van der Waals surface area contributed by atoms with Crippen molar-refractivity contribution < 1.29 is 24.3 Å². The molecule has 0 aromatic heterocycles. The largest absolute Gasteiger partial charge is 0.514 e. The van der Waals surface area contributed by atoms with Gasteiger partial charge in [0, 0.05) is 24.2 Å². The third-order valence-corrected chi connectivity index (χ3v) is 4.43. The second-order valence-corrected chi connectivity index (χ2v) is 7.17. The van der Waals surface area contributed by atoms with E-state index in [1.165, 1.54) is 6.92 Å². The highest BCUT2D eigenvalue weighted by atomic mass is 16.4. The molecule has 1 atom stereocenters. The third kappa shape index (κ3) is 11.1. The zero-order chi connectivity index (χ0) is 22.4. The molecule has 8 heteroatoms. The minimum absolute atomic E-state index is 0.120. The van der Waals surface area contributed by atoms with Crippen LogP contribution in [0.4, 0.5) is 0 Å². The van der Waals surface area contributed by atoms with Crippen molar-refractivity contribution >= 4 is 23.6 Å². The first-order chi connectivity index (χ1) is 14.3. The summed E-state index contributed by atoms with van der Waals surface area (Å²) in [6.07, 6.45) is 3.34. The van der Waals surface area contributed by atoms with E-state index in [0.717, 1.165) is 23.4 Å². The number of benzene rings is 1. The van der Waals surface area contributed by atoms with Crippen molar-refractivity contribution in [2.24, 2.45) is 11.8 Å². The summed E-state index contributed by atoms with van der Waals surface area (Å²) in [6, 6.07) is 12.1. The van der Waals surface area contributed by atoms with Gasteiger partial charge in [-0.25, -0.2) is 10.6 Å². The van der Waals surface area contributed by atoms with Gasteiger partial charge < -0.3 is 5.11 Å². The lowest BCUT2D eigenvalue weighted by Crippen LogP contribution is -2.42. The van der Waals surface area contributed by atoms with Gasteiger partial charge in [-0.2, -0.15) is 0 Å². The first-order valence-electron chi connectivity index (χ1n) is 10.1. The Morgan fingerprint density at radius 1 is 1.07 bits per heavy atom. The van der Waals surface area contributed by atoms with Gasteiger partial charge in [0.05, 0.1) is 6.42 Å². The number of nitrogens with zero attached hydrogens (tertiary/aromatic N) is 2. The lowest BCUT2D eigenvalue weighted by atomic mass is 10.0. The molecule has 30 heavy (non-hydrogen) atoms. The molecule has 0 fully saturated rings. The van der Waals surface area contributed by atoms with Gasteiger partial charge in [-0.15, -0.1) is 0 Å². The molecule has 0 aliphatic carbocycles. The fourth-order valence-corrected chi connectivity index (χ4v) is 2.79. The molecule has 0 heterocycles. The molecule has 0 radical (unpaired) electrons. The van der Waals surface area contributed by atoms with Crippen LogP contribution in [0.5, 0.6) is 0 Å². The summed E-state index contributed by atoms with van der Waals surface area (Å²) in [5.74, 6) is 2.87. The number of aliphatic carboxylic acids is 1. The summed E-state index contributed by atoms with van der Waals surface area (Å²) in [5, 5.41) is 9.61. The molecule has 0 saturated heterocycles. The van der Waals surface area contributed by atoms with Crippen LogP contribution in [0.15, 0.2) is 30.3 Å². The molecule has 0 saturated carbocycles. The summed E-state index contributed by atoms with van der Waals surface area (Å²) in [4.78, 5) is 50.1. The van der Waals surface area contributed by atoms with Gasteiger partial charge in [0.1, 0.15) is 5.78 Å². The van der Waals surface area contributed by atoms with Gasteiger partial charge in [0.15, 0.2) is 5.92 Å². The predicted molar refractivity (Wildman–Crippen MR) is 112 cm³/mol. The first-order valence-corrected chi connectivity index (χ1v) is 10.1. The average molecular weight is 416 g/mol. The van der Waals surface area contributed by atoms with Crippen LogP contribution in [0.3, 0.4) is 0 Å². The number of hydrazine groups is 1. The molecule has 0 aliphatic rings. The van der Waals surface area contributed by atoms with Gasteiger partial charge in [0.25, 0.3) is 12.0 Å². The Labute approximate surface area is 176 Å². The number of Topliss-reactive ketones (excluding diaryl/α,β-unsaturated/α-hetero) is 1. The normalized spacial score (nSPS) is 11.1. The first kappa shape index (κ1) is 25.0. The highest BCUT2D eigenvalue weighted by Gasteiger charge is 2.28. The van der Waals surface area contributed by atoms with E-state index < -0.39 is 23.7 Å². The Morgan fingerprint density at radius 2 is 1.70 bits per heavy atom. The number of unbranched alkanes of at least 4 members (excludes halogenated alkanes) is 3. The third-order valence-electron chi connectivity index (χ3n) is 4.43. The fourth-order valence-electron chi connectivity index (χ4n) is 2.79. The van der Waals surface area contributed by atoms with Crippen LogP contribution < -0.4 is 5.84 Å². The SMILES string of the molecule is CC(=O)CC(C#[N+]C(=O)CCCCCCC(=O)O)C(=O)N(N)CCc1ccccc1. The van der Waals surface area contributed by atoms with Gasteiger partial charge in [-0.3, -0.25) is 19.4 Å². The standard InChI is InChI=1S/C22H29N3O5/c1-17(26)15-19(16-24-20(27)11-7-2-3-8-12-21(28)29)22(30)25(23)14-13-18-9-5-4-6-10-18/h4-6,9-10,19H,2-3,7-8,11-15,23H2,1H3/p+1. The summed E-state index contributed by atoms with van der Waals surface area (Å²) >= 11 is 0. The molecule has 1 aromatic carbocycles. The Hall–Kier alpha value is -3.05. The highest BCUT2D eigenvalue weighted by molar-refractivity contribution is 5.90. The fraction of sp³-hybridized carbons (Fsp3) is 0.500. The van der Waals surface area contributed by atoms with E-state index in [0.29, 0.717) is 19.3 Å². The van der Waals surface area contributed by atoms with E-state index in [1.54, 1.807) is 0 Å². The summed E-state index contributed by atoms with van der Waals surface area (Å²) < 4.78 is 0. The molecule has 0 spiro atoms. The zero-order valence-corrected chi connectivity index (χ0v) is 17.4. The molecule has 8 nitrogen and oxygen atoms in total. The number of nitrogens with two attached hydrogens (primary N) is 1. The van der Waals surface area contributed by atoms with Crippen LogP contribution in [-0.4, -0.2) is 40.2 Å². The van der Waals surface area contributed by atoms with Crippen LogP contribution in [-0.2, 0) is 25.6 Å². The molecule has 162 valence electrons. The second-order valence-electron chi connectivity index (χ2n) is 7.17. The van der Waals surface area contributed by atoms with Crippen molar-refractivity contribution in [2.75, 3.05) is 6.54 Å². The summed E-state index contributed by atoms with van der Waals surface area (Å²) in [5.41, 5.74) is 1.03. The summed E-state index contributed by atoms with van der Waals surface area (Å²) in [6.45, 7) is 1.62. The van der Waals surface area contributed by atoms with Crippen molar-refractivity contribution in [2.45, 2.75) is 58.3 Å². The topological polar surface area (TPSA) is 122 Å². The van der Waals surface area contributed by atoms with E-state index >= 15 is 0 Å². The molecule has 1 aromatic rings. The molecular weight excluding hydrogens is 386 g/mol. The van der Waals surface area contributed by atoms with Crippen molar-refractivity contribution in [3.05, 3.63) is 40.7 Å². The Balaban J connectivity index is 2.53. The minimum Gasteiger partial charge on any atom is -0.481 e. The molecule has 1 unspecified atom stereocenters. The summed E-state index contributed by atoms with van der Waals surface area (Å²) in [7, 11) is 0. The van der Waals surface area contributed by atoms with Crippen LogP contribution in [0.2, 0.25) is 0 Å². The van der Waals surface area contributed by atoms with Gasteiger partial charge >= 0.3 is 11.9 Å². The maximum absolute atomic E-state index is 12.6. The van der Waals surface area contributed by atoms with Crippen LogP contribution in [0.25, 0.3) is 4.85 Å². The second kappa shape index (κ2) is 14.0. The van der Waals surface area contributed by atoms with Crippen molar-refractivity contribution in [1.82, 2.24) is 5.01 Å². The number of amides is 2. The van der Waals surface area contributed by atoms with Gasteiger partial charge in [0.2, 0.25) is 0 Å². The maximum Gasteiger partial charge on any atom is 0.514 e. The quantitative estimate of drug-likeness (QED) is 0.221. The molecule has 0 aliphatic heterocycles. The Bertz CT molecular complexity index is 783. The number of carboxylic acids is 1. The minimum atomic E-state index is -0.997. The predicted octanol–water partition coefficient (Wildman–Crippen LogP) is 2.81. The van der Waals surface area contributed by atoms with Crippen LogP contribution in [0.1, 0.15) is 57.4 Å². The maximum atomic E-state index is 12.6. The molecule has 3 N–H and O–H groups in total. The van der Waals surface area contributed by atoms with Gasteiger partial charge in [-0.1, -0.05) is 43.2 Å². The Morgan fingerprint density at radius 3 is 2.30 bits per heavy atom. The number of ketones is 1. The molecule has 2 amide bonds. The van der Waals surface area contributed by atoms with E-state index in [2.05, 4.69) is 10.9 Å². The molecule has 1 rings (SSSR count). The van der Waals surface area contributed by atoms with Crippen LogP contribution in [0, 0.1) is 12.0 Å². The number of hydrogen-bond donors (Lipinski definition) is 2. The number of carbonyl (C=O) groups is 4. The van der Waals surface area contributed by atoms with E-state index in [4.69, 9.17) is 10.9 Å².